The largest absolute Gasteiger partial charge is 0.474 e. The molecule has 21 heavy (non-hydrogen) atoms. The van der Waals surface area contributed by atoms with Crippen LogP contribution in [0.1, 0.15) is 0 Å². The number of nitrogens with zero attached hydrogens (tertiary/aromatic N) is 2. The summed E-state index contributed by atoms with van der Waals surface area (Å²) in [5, 5.41) is 12.5. The van der Waals surface area contributed by atoms with Gasteiger partial charge in [0.2, 0.25) is 0 Å². The van der Waals surface area contributed by atoms with E-state index in [0.29, 0.717) is 5.69 Å². The van der Waals surface area contributed by atoms with E-state index in [9.17, 15) is 14.4 Å². The molecule has 1 fully saturated rings. The van der Waals surface area contributed by atoms with E-state index in [4.69, 9.17) is 9.84 Å². The van der Waals surface area contributed by atoms with Crippen LogP contribution in [0.5, 0.6) is 0 Å². The Morgan fingerprint density at radius 2 is 2.00 bits per heavy atom. The van der Waals surface area contributed by atoms with E-state index in [-0.39, 0.29) is 6.54 Å². The molecule has 1 aliphatic rings. The Bertz CT molecular complexity index is 576. The number of amides is 3. The van der Waals surface area contributed by atoms with Crippen LogP contribution >= 0.6 is 0 Å². The third-order valence-corrected chi connectivity index (χ3v) is 3.35. The van der Waals surface area contributed by atoms with E-state index in [1.54, 1.807) is 30.3 Å². The van der Waals surface area contributed by atoms with Crippen LogP contribution in [-0.2, 0) is 14.3 Å². The van der Waals surface area contributed by atoms with Crippen molar-refractivity contribution >= 4 is 23.6 Å². The van der Waals surface area contributed by atoms with Crippen molar-refractivity contribution in [2.24, 2.45) is 0 Å². The minimum atomic E-state index is -1.63. The summed E-state index contributed by atoms with van der Waals surface area (Å²) < 4.78 is 4.52. The Labute approximate surface area is 121 Å². The molecule has 1 aliphatic heterocycles. The summed E-state index contributed by atoms with van der Waals surface area (Å²) in [6.45, 7) is 0.100. The molecule has 8 heteroatoms. The van der Waals surface area contributed by atoms with Gasteiger partial charge in [-0.2, -0.15) is 0 Å². The maximum absolute atomic E-state index is 12.2. The summed E-state index contributed by atoms with van der Waals surface area (Å²) in [5.41, 5.74) is 0.319. The smallest absolute Gasteiger partial charge is 0.443 e. The van der Waals surface area contributed by atoms with Crippen LogP contribution in [0.3, 0.4) is 0 Å². The van der Waals surface area contributed by atoms with Crippen molar-refractivity contribution in [3.63, 3.8) is 0 Å². The van der Waals surface area contributed by atoms with Crippen LogP contribution < -0.4 is 10.3 Å². The summed E-state index contributed by atoms with van der Waals surface area (Å²) in [6.07, 6.45) is -0.588. The van der Waals surface area contributed by atoms with Crippen molar-refractivity contribution in [2.75, 3.05) is 25.7 Å². The van der Waals surface area contributed by atoms with E-state index < -0.39 is 28.7 Å². The number of rotatable bonds is 3. The van der Waals surface area contributed by atoms with E-state index in [1.807, 2.05) is 0 Å². The number of para-hydroxylation sites is 1. The SMILES string of the molecule is COC1C[N+](C)(N(C(=O)C(=O)O)c2ccccc2)C(=O)N1. The maximum atomic E-state index is 12.2. The molecule has 8 nitrogen and oxygen atoms in total. The molecular formula is C13H16N3O5+. The molecule has 3 amide bonds. The molecule has 0 aliphatic carbocycles. The van der Waals surface area contributed by atoms with Crippen molar-refractivity contribution in [2.45, 2.75) is 6.23 Å². The van der Waals surface area contributed by atoms with Gasteiger partial charge in [-0.3, -0.25) is 10.1 Å². The highest BCUT2D eigenvalue weighted by molar-refractivity contribution is 6.36. The Hall–Kier alpha value is -2.45. The zero-order valence-electron chi connectivity index (χ0n) is 11.6. The minimum Gasteiger partial charge on any atom is -0.474 e. The molecule has 0 aromatic heterocycles. The van der Waals surface area contributed by atoms with Crippen LogP contribution in [-0.4, -0.2) is 54.5 Å². The molecule has 1 saturated heterocycles. The first-order valence-corrected chi connectivity index (χ1v) is 6.22. The van der Waals surface area contributed by atoms with Crippen LogP contribution in [0.15, 0.2) is 30.3 Å². The first-order valence-electron chi connectivity index (χ1n) is 6.22. The third-order valence-electron chi connectivity index (χ3n) is 3.35. The van der Waals surface area contributed by atoms with Crippen LogP contribution in [0.2, 0.25) is 0 Å². The van der Waals surface area contributed by atoms with Gasteiger partial charge in [-0.25, -0.2) is 9.59 Å². The van der Waals surface area contributed by atoms with Crippen LogP contribution in [0.25, 0.3) is 0 Å². The fraction of sp³-hybridized carbons (Fsp3) is 0.308. The lowest BCUT2D eigenvalue weighted by Gasteiger charge is -2.34. The fourth-order valence-electron chi connectivity index (χ4n) is 2.27. The van der Waals surface area contributed by atoms with E-state index in [1.165, 1.54) is 14.2 Å². The van der Waals surface area contributed by atoms with Gasteiger partial charge >= 0.3 is 17.9 Å². The van der Waals surface area contributed by atoms with Gasteiger partial charge < -0.3 is 9.84 Å². The van der Waals surface area contributed by atoms with Crippen molar-refractivity contribution in [3.05, 3.63) is 30.3 Å². The number of carbonyl (C=O) groups is 3. The lowest BCUT2D eigenvalue weighted by atomic mass is 10.3. The van der Waals surface area contributed by atoms with Gasteiger partial charge in [-0.05, 0) is 12.1 Å². The summed E-state index contributed by atoms with van der Waals surface area (Å²) >= 11 is 0. The van der Waals surface area contributed by atoms with Gasteiger partial charge in [0.25, 0.3) is 0 Å². The lowest BCUT2D eigenvalue weighted by molar-refractivity contribution is -0.824. The standard InChI is InChI=1S/C13H15N3O5/c1-16(8-10(21-2)14-13(16)20)15(11(17)12(18)19)9-6-4-3-5-7-9/h3-7,10H,8H2,1-2H3,(H-,14,18,19,20)/p+1. The number of hydrogen-bond donors (Lipinski definition) is 2. The average Bonchev–Trinajstić information content (AvgIpc) is 2.76. The molecule has 0 radical (unpaired) electrons. The second-order valence-electron chi connectivity index (χ2n) is 4.75. The number of methoxy groups -OCH3 is 1. The average molecular weight is 294 g/mol. The number of benzene rings is 1. The molecule has 112 valence electrons. The number of quaternary nitrogens is 1. The second-order valence-corrected chi connectivity index (χ2v) is 4.75. The van der Waals surface area contributed by atoms with E-state index >= 15 is 0 Å². The number of nitrogens with one attached hydrogen (secondary N) is 1. The molecule has 2 N–H and O–H groups in total. The molecule has 1 aromatic carbocycles. The van der Waals surface area contributed by atoms with Crippen LogP contribution in [0, 0.1) is 0 Å². The summed E-state index contributed by atoms with van der Waals surface area (Å²) in [6, 6.07) is 7.67. The number of urea groups is 1. The zero-order chi connectivity index (χ0) is 15.6. The van der Waals surface area contributed by atoms with Crippen molar-refractivity contribution < 1.29 is 28.8 Å². The molecule has 0 saturated carbocycles. The number of carbonyl (C=O) groups excluding carboxylic acids is 2. The predicted octanol–water partition coefficient (Wildman–Crippen LogP) is 0.162. The fourth-order valence-corrected chi connectivity index (χ4v) is 2.27. The van der Waals surface area contributed by atoms with Gasteiger partial charge in [0.15, 0.2) is 12.8 Å². The molecule has 1 heterocycles. The third kappa shape index (κ3) is 2.58. The molecule has 0 bridgehead atoms. The van der Waals surface area contributed by atoms with Gasteiger partial charge in [-0.1, -0.05) is 18.2 Å². The van der Waals surface area contributed by atoms with Gasteiger partial charge in [0.05, 0.1) is 5.69 Å². The Morgan fingerprint density at radius 3 is 2.48 bits per heavy atom. The predicted molar refractivity (Wildman–Crippen MR) is 71.9 cm³/mol. The molecule has 1 aromatic rings. The highest BCUT2D eigenvalue weighted by Gasteiger charge is 2.52. The Kier molecular flexibility index (Phi) is 3.92. The number of likely N-dealkylation sites (N-methyl/N-ethyl adjacent to an activating group) is 1. The number of carboxylic acid groups (broad SMARTS) is 1. The Morgan fingerprint density at radius 1 is 1.38 bits per heavy atom. The summed E-state index contributed by atoms with van der Waals surface area (Å²) in [4.78, 5) is 35.4. The van der Waals surface area contributed by atoms with Gasteiger partial charge in [-0.15, -0.1) is 9.60 Å². The second kappa shape index (κ2) is 5.51. The molecule has 2 rings (SSSR count). The number of aliphatic carboxylic acids is 1. The van der Waals surface area contributed by atoms with Gasteiger partial charge in [0.1, 0.15) is 7.05 Å². The first kappa shape index (κ1) is 14.9. The number of anilines is 1. The monoisotopic (exact) mass is 294 g/mol. The number of hydrogen-bond acceptors (Lipinski definition) is 4. The summed E-state index contributed by atoms with van der Waals surface area (Å²) in [7, 11) is 2.88. The number of carboxylic acids is 1. The Balaban J connectivity index is 2.48. The highest BCUT2D eigenvalue weighted by atomic mass is 16.5. The van der Waals surface area contributed by atoms with E-state index in [0.717, 1.165) is 5.01 Å². The van der Waals surface area contributed by atoms with Crippen molar-refractivity contribution in [3.8, 4) is 0 Å². The van der Waals surface area contributed by atoms with E-state index in [2.05, 4.69) is 5.32 Å². The lowest BCUT2D eigenvalue weighted by Crippen LogP contribution is -2.63. The minimum absolute atomic E-state index is 0.100. The maximum Gasteiger partial charge on any atom is 0.443 e. The van der Waals surface area contributed by atoms with Crippen molar-refractivity contribution in [1.29, 1.82) is 0 Å². The number of ether oxygens (including phenoxy) is 1. The molecule has 0 spiro atoms. The van der Waals surface area contributed by atoms with Gasteiger partial charge in [0, 0.05) is 7.11 Å². The molecule has 2 atom stereocenters. The zero-order valence-corrected chi connectivity index (χ0v) is 11.6. The van der Waals surface area contributed by atoms with Crippen molar-refractivity contribution in [1.82, 2.24) is 5.32 Å². The molecular weight excluding hydrogens is 278 g/mol. The quantitative estimate of drug-likeness (QED) is 0.611. The first-order chi connectivity index (χ1) is 9.90. The highest BCUT2D eigenvalue weighted by Crippen LogP contribution is 2.25. The topological polar surface area (TPSA) is 95.9 Å². The summed E-state index contributed by atoms with van der Waals surface area (Å²) in [5.74, 6) is -2.82. The van der Waals surface area contributed by atoms with Crippen LogP contribution in [0.4, 0.5) is 10.5 Å². The normalized spacial score (nSPS) is 24.5. The molecule has 2 unspecified atom stereocenters.